The van der Waals surface area contributed by atoms with Crippen LogP contribution in [0.4, 0.5) is 13.8 Å². The molecule has 0 saturated heterocycles. The lowest BCUT2D eigenvalue weighted by molar-refractivity contribution is -0.113. The highest BCUT2D eigenvalue weighted by molar-refractivity contribution is 7.99. The lowest BCUT2D eigenvalue weighted by Crippen LogP contribution is -2.16. The number of amides is 1. The summed E-state index contributed by atoms with van der Waals surface area (Å²) in [6.45, 7) is -2.89. The molecular weight excluding hydrogens is 438 g/mol. The molecule has 3 rings (SSSR count). The Bertz CT molecular complexity index is 1040. The summed E-state index contributed by atoms with van der Waals surface area (Å²) in [4.78, 5) is 23.9. The number of halogens is 2. The van der Waals surface area contributed by atoms with Gasteiger partial charge in [-0.15, -0.1) is 21.5 Å². The van der Waals surface area contributed by atoms with E-state index < -0.39 is 12.6 Å². The minimum atomic E-state index is -2.89. The second-order valence-corrected chi connectivity index (χ2v) is 7.62. The summed E-state index contributed by atoms with van der Waals surface area (Å²) in [5.41, 5.74) is 0.949. The van der Waals surface area contributed by atoms with Gasteiger partial charge in [-0.25, -0.2) is 4.79 Å². The van der Waals surface area contributed by atoms with E-state index in [1.54, 1.807) is 35.2 Å². The number of methoxy groups -OCH3 is 1. The molecule has 1 aromatic carbocycles. The van der Waals surface area contributed by atoms with Crippen LogP contribution in [0.2, 0.25) is 0 Å². The van der Waals surface area contributed by atoms with E-state index in [1.807, 2.05) is 0 Å². The fourth-order valence-electron chi connectivity index (χ4n) is 2.45. The van der Waals surface area contributed by atoms with E-state index in [2.05, 4.69) is 25.0 Å². The number of hydrogen-bond acceptors (Lipinski definition) is 8. The van der Waals surface area contributed by atoms with Crippen molar-refractivity contribution in [3.63, 3.8) is 0 Å². The van der Waals surface area contributed by atoms with Crippen molar-refractivity contribution >= 4 is 40.0 Å². The highest BCUT2D eigenvalue weighted by Gasteiger charge is 2.17. The van der Waals surface area contributed by atoms with Crippen LogP contribution >= 0.6 is 23.1 Å². The molecular formula is C18H16F2N4O4S2. The minimum absolute atomic E-state index is 0.0436. The van der Waals surface area contributed by atoms with Gasteiger partial charge in [-0.05, 0) is 35.7 Å². The van der Waals surface area contributed by atoms with E-state index in [9.17, 15) is 18.4 Å². The standard InChI is InChI=1S/C18H16F2N4O4S2/c1-24-14(10-3-5-11(6-4-10)28-17(19)20)22-23-18(24)30-9-13(25)21-15-12(7-8-29-15)16(26)27-2/h3-8,17H,9H2,1-2H3,(H,21,25). The Kier molecular flexibility index (Phi) is 7.00. The van der Waals surface area contributed by atoms with Crippen molar-refractivity contribution in [1.29, 1.82) is 0 Å². The molecule has 0 spiro atoms. The van der Waals surface area contributed by atoms with Gasteiger partial charge in [0.05, 0.1) is 18.4 Å². The maximum Gasteiger partial charge on any atom is 0.387 e. The molecule has 2 aromatic heterocycles. The lowest BCUT2D eigenvalue weighted by atomic mass is 10.2. The number of hydrogen-bond donors (Lipinski definition) is 1. The molecule has 12 heteroatoms. The summed E-state index contributed by atoms with van der Waals surface area (Å²) in [6.07, 6.45) is 0. The van der Waals surface area contributed by atoms with Gasteiger partial charge in [-0.2, -0.15) is 8.78 Å². The molecule has 2 heterocycles. The number of thioether (sulfide) groups is 1. The fourth-order valence-corrected chi connectivity index (χ4v) is 3.95. The molecule has 0 aliphatic carbocycles. The smallest absolute Gasteiger partial charge is 0.387 e. The van der Waals surface area contributed by atoms with Gasteiger partial charge in [0.1, 0.15) is 10.8 Å². The van der Waals surface area contributed by atoms with Crippen molar-refractivity contribution in [1.82, 2.24) is 14.8 Å². The molecule has 158 valence electrons. The van der Waals surface area contributed by atoms with Crippen molar-refractivity contribution in [2.24, 2.45) is 7.05 Å². The molecule has 0 radical (unpaired) electrons. The van der Waals surface area contributed by atoms with Crippen LogP contribution in [0.15, 0.2) is 40.9 Å². The Morgan fingerprint density at radius 3 is 2.63 bits per heavy atom. The van der Waals surface area contributed by atoms with Crippen LogP contribution in [0.3, 0.4) is 0 Å². The second kappa shape index (κ2) is 9.67. The first-order valence-electron chi connectivity index (χ1n) is 8.42. The third kappa shape index (κ3) is 5.13. The number of anilines is 1. The van der Waals surface area contributed by atoms with Crippen molar-refractivity contribution < 1.29 is 27.8 Å². The number of aromatic nitrogens is 3. The van der Waals surface area contributed by atoms with Gasteiger partial charge >= 0.3 is 12.6 Å². The third-order valence-electron chi connectivity index (χ3n) is 3.83. The van der Waals surface area contributed by atoms with Crippen LogP contribution in [0, 0.1) is 0 Å². The molecule has 0 saturated carbocycles. The van der Waals surface area contributed by atoms with Gasteiger partial charge in [-0.3, -0.25) is 4.79 Å². The van der Waals surface area contributed by atoms with Crippen molar-refractivity contribution in [3.8, 4) is 17.1 Å². The van der Waals surface area contributed by atoms with E-state index in [4.69, 9.17) is 0 Å². The number of rotatable bonds is 8. The first-order valence-corrected chi connectivity index (χ1v) is 10.3. The largest absolute Gasteiger partial charge is 0.465 e. The zero-order valence-corrected chi connectivity index (χ0v) is 17.4. The number of nitrogens with one attached hydrogen (secondary N) is 1. The molecule has 1 amide bonds. The van der Waals surface area contributed by atoms with E-state index in [0.717, 1.165) is 0 Å². The Labute approximate surface area is 178 Å². The zero-order valence-electron chi connectivity index (χ0n) is 15.8. The maximum atomic E-state index is 12.3. The number of carbonyl (C=O) groups excluding carboxylic acids is 2. The molecule has 3 aromatic rings. The molecule has 0 aliphatic heterocycles. The van der Waals surface area contributed by atoms with Crippen LogP contribution in [-0.4, -0.2) is 46.1 Å². The first kappa shape index (κ1) is 21.7. The monoisotopic (exact) mass is 454 g/mol. The van der Waals surface area contributed by atoms with Crippen LogP contribution in [-0.2, 0) is 16.6 Å². The third-order valence-corrected chi connectivity index (χ3v) is 5.68. The lowest BCUT2D eigenvalue weighted by Gasteiger charge is -2.07. The molecule has 30 heavy (non-hydrogen) atoms. The second-order valence-electron chi connectivity index (χ2n) is 5.76. The van der Waals surface area contributed by atoms with Gasteiger partial charge in [0.15, 0.2) is 11.0 Å². The number of ether oxygens (including phenoxy) is 2. The molecule has 8 nitrogen and oxygen atoms in total. The Morgan fingerprint density at radius 2 is 1.97 bits per heavy atom. The highest BCUT2D eigenvalue weighted by atomic mass is 32.2. The number of alkyl halides is 2. The SMILES string of the molecule is COC(=O)c1ccsc1NC(=O)CSc1nnc(-c2ccc(OC(F)F)cc2)n1C. The predicted octanol–water partition coefficient (Wildman–Crippen LogP) is 3.66. The van der Waals surface area contributed by atoms with Gasteiger partial charge in [0.2, 0.25) is 5.91 Å². The number of thiophene rings is 1. The molecule has 0 fully saturated rings. The van der Waals surface area contributed by atoms with Crippen molar-refractivity contribution in [2.45, 2.75) is 11.8 Å². The van der Waals surface area contributed by atoms with Gasteiger partial charge in [-0.1, -0.05) is 11.8 Å². The Hall–Kier alpha value is -2.99. The predicted molar refractivity (Wildman–Crippen MR) is 108 cm³/mol. The summed E-state index contributed by atoms with van der Waals surface area (Å²) in [5, 5.41) is 13.4. The molecule has 0 aliphatic rings. The van der Waals surface area contributed by atoms with Gasteiger partial charge in [0, 0.05) is 12.6 Å². The van der Waals surface area contributed by atoms with E-state index >= 15 is 0 Å². The number of benzene rings is 1. The van der Waals surface area contributed by atoms with Crippen LogP contribution in [0.5, 0.6) is 5.75 Å². The summed E-state index contributed by atoms with van der Waals surface area (Å²) in [6, 6.07) is 7.58. The topological polar surface area (TPSA) is 95.3 Å². The van der Waals surface area contributed by atoms with Crippen LogP contribution in [0.1, 0.15) is 10.4 Å². The Morgan fingerprint density at radius 1 is 1.23 bits per heavy atom. The van der Waals surface area contributed by atoms with E-state index in [1.165, 1.54) is 42.3 Å². The molecule has 0 unspecified atom stereocenters. The first-order chi connectivity index (χ1) is 14.4. The quantitative estimate of drug-likeness (QED) is 0.410. The minimum Gasteiger partial charge on any atom is -0.465 e. The van der Waals surface area contributed by atoms with E-state index in [0.29, 0.717) is 27.1 Å². The number of carbonyl (C=O) groups is 2. The van der Waals surface area contributed by atoms with Crippen molar-refractivity contribution in [2.75, 3.05) is 18.2 Å². The normalized spacial score (nSPS) is 10.8. The number of esters is 1. The maximum absolute atomic E-state index is 12.3. The summed E-state index contributed by atoms with van der Waals surface area (Å²) in [7, 11) is 3.00. The zero-order chi connectivity index (χ0) is 21.7. The summed E-state index contributed by atoms with van der Waals surface area (Å²) < 4.78 is 35.2. The molecule has 0 bridgehead atoms. The number of nitrogens with zero attached hydrogens (tertiary/aromatic N) is 3. The molecule has 1 N–H and O–H groups in total. The Balaban J connectivity index is 1.62. The highest BCUT2D eigenvalue weighted by Crippen LogP contribution is 2.27. The van der Waals surface area contributed by atoms with Crippen molar-refractivity contribution in [3.05, 3.63) is 41.3 Å². The molecule has 0 atom stereocenters. The van der Waals surface area contributed by atoms with Gasteiger partial charge in [0.25, 0.3) is 0 Å². The van der Waals surface area contributed by atoms with Crippen LogP contribution < -0.4 is 10.1 Å². The summed E-state index contributed by atoms with van der Waals surface area (Å²) >= 11 is 2.39. The van der Waals surface area contributed by atoms with E-state index in [-0.39, 0.29) is 17.4 Å². The summed E-state index contributed by atoms with van der Waals surface area (Å²) in [5.74, 6) is -0.242. The van der Waals surface area contributed by atoms with Crippen LogP contribution in [0.25, 0.3) is 11.4 Å². The van der Waals surface area contributed by atoms with Gasteiger partial charge < -0.3 is 19.4 Å². The average Bonchev–Trinajstić information content (AvgIpc) is 3.32. The fraction of sp³-hybridized carbons (Fsp3) is 0.222. The average molecular weight is 454 g/mol.